The highest BCUT2D eigenvalue weighted by Crippen LogP contribution is 2.27. The summed E-state index contributed by atoms with van der Waals surface area (Å²) in [6.45, 7) is 1.90. The third-order valence-electron chi connectivity index (χ3n) is 3.78. The molecule has 0 aromatic heterocycles. The van der Waals surface area contributed by atoms with Crippen LogP contribution in [0.2, 0.25) is 0 Å². The molecule has 0 unspecified atom stereocenters. The lowest BCUT2D eigenvalue weighted by atomic mass is 9.91. The fourth-order valence-electron chi connectivity index (χ4n) is 2.41. The first-order valence-electron chi connectivity index (χ1n) is 6.89. The zero-order chi connectivity index (χ0) is 12.8. The monoisotopic (exact) mass is 251 g/mol. The van der Waals surface area contributed by atoms with Gasteiger partial charge in [-0.1, -0.05) is 24.6 Å². The van der Waals surface area contributed by atoms with Crippen LogP contribution in [-0.4, -0.2) is 29.2 Å². The molecule has 0 radical (unpaired) electrons. The first-order chi connectivity index (χ1) is 8.81. The molecular weight excluding hydrogens is 229 g/mol. The van der Waals surface area contributed by atoms with Crippen LogP contribution in [-0.2, 0) is 6.54 Å². The summed E-state index contributed by atoms with van der Waals surface area (Å²) in [7, 11) is 0. The molecule has 0 amide bonds. The minimum absolute atomic E-state index is 0.107. The number of hydrogen-bond acceptors (Lipinski definition) is 2. The van der Waals surface area contributed by atoms with Crippen LogP contribution in [0.5, 0.6) is 0 Å². The Labute approximate surface area is 108 Å². The van der Waals surface area contributed by atoms with Crippen LogP contribution in [0.4, 0.5) is 4.39 Å². The number of rotatable bonds is 7. The molecule has 0 heterocycles. The molecule has 0 saturated heterocycles. The van der Waals surface area contributed by atoms with Gasteiger partial charge < -0.3 is 5.11 Å². The molecule has 1 aromatic rings. The summed E-state index contributed by atoms with van der Waals surface area (Å²) >= 11 is 0. The Kier molecular flexibility index (Phi) is 5.14. The molecule has 18 heavy (non-hydrogen) atoms. The Morgan fingerprint density at radius 1 is 1.22 bits per heavy atom. The maximum Gasteiger partial charge on any atom is 0.127 e. The van der Waals surface area contributed by atoms with Crippen molar-refractivity contribution in [3.63, 3.8) is 0 Å². The topological polar surface area (TPSA) is 23.5 Å². The predicted octanol–water partition coefficient (Wildman–Crippen LogP) is 2.95. The summed E-state index contributed by atoms with van der Waals surface area (Å²) in [5.74, 6) is -0.107. The maximum atomic E-state index is 13.7. The lowest BCUT2D eigenvalue weighted by molar-refractivity contribution is 0.113. The first kappa shape index (κ1) is 13.5. The minimum atomic E-state index is -0.107. The number of hydrogen-bond donors (Lipinski definition) is 1. The summed E-state index contributed by atoms with van der Waals surface area (Å²) in [6.07, 6.45) is 5.57. The van der Waals surface area contributed by atoms with Crippen molar-refractivity contribution in [2.24, 2.45) is 0 Å². The number of nitrogens with zero attached hydrogens (tertiary/aromatic N) is 1. The van der Waals surface area contributed by atoms with Gasteiger partial charge in [0.1, 0.15) is 5.82 Å². The molecule has 1 aliphatic carbocycles. The van der Waals surface area contributed by atoms with E-state index in [1.54, 1.807) is 6.07 Å². The number of halogens is 1. The minimum Gasteiger partial charge on any atom is -0.396 e. The summed E-state index contributed by atoms with van der Waals surface area (Å²) in [6, 6.07) is 7.64. The molecule has 1 saturated carbocycles. The van der Waals surface area contributed by atoms with Gasteiger partial charge in [-0.2, -0.15) is 0 Å². The van der Waals surface area contributed by atoms with Gasteiger partial charge in [0.2, 0.25) is 0 Å². The number of unbranched alkanes of at least 4 members (excludes halogenated alkanes) is 1. The lowest BCUT2D eigenvalue weighted by Crippen LogP contribution is -2.40. The van der Waals surface area contributed by atoms with Crippen LogP contribution < -0.4 is 0 Å². The summed E-state index contributed by atoms with van der Waals surface area (Å²) in [5.41, 5.74) is 0.786. The van der Waals surface area contributed by atoms with E-state index in [1.807, 2.05) is 12.1 Å². The van der Waals surface area contributed by atoms with Gasteiger partial charge >= 0.3 is 0 Å². The molecular formula is C15H22FNO. The third-order valence-corrected chi connectivity index (χ3v) is 3.78. The fourth-order valence-corrected chi connectivity index (χ4v) is 2.41. The largest absolute Gasteiger partial charge is 0.396 e. The third kappa shape index (κ3) is 3.53. The van der Waals surface area contributed by atoms with E-state index in [4.69, 9.17) is 5.11 Å². The number of benzene rings is 1. The van der Waals surface area contributed by atoms with E-state index in [-0.39, 0.29) is 12.4 Å². The summed E-state index contributed by atoms with van der Waals surface area (Å²) < 4.78 is 13.7. The smallest absolute Gasteiger partial charge is 0.127 e. The van der Waals surface area contributed by atoms with E-state index in [2.05, 4.69) is 4.90 Å². The van der Waals surface area contributed by atoms with Crippen molar-refractivity contribution in [2.75, 3.05) is 13.2 Å². The number of aliphatic hydroxyl groups excluding tert-OH is 1. The molecule has 100 valence electrons. The van der Waals surface area contributed by atoms with E-state index in [0.717, 1.165) is 24.9 Å². The van der Waals surface area contributed by atoms with Crippen LogP contribution in [0.15, 0.2) is 24.3 Å². The van der Waals surface area contributed by atoms with Crippen LogP contribution in [0.25, 0.3) is 0 Å². The summed E-state index contributed by atoms with van der Waals surface area (Å²) in [4.78, 5) is 2.37. The Morgan fingerprint density at radius 2 is 2.00 bits per heavy atom. The van der Waals surface area contributed by atoms with Crippen molar-refractivity contribution >= 4 is 0 Å². The first-order valence-corrected chi connectivity index (χ1v) is 6.89. The Hall–Kier alpha value is -0.930. The highest BCUT2D eigenvalue weighted by molar-refractivity contribution is 5.17. The zero-order valence-corrected chi connectivity index (χ0v) is 10.8. The normalized spacial score (nSPS) is 15.9. The average Bonchev–Trinajstić information content (AvgIpc) is 2.30. The van der Waals surface area contributed by atoms with Crippen molar-refractivity contribution in [1.82, 2.24) is 4.90 Å². The van der Waals surface area contributed by atoms with E-state index >= 15 is 0 Å². The van der Waals surface area contributed by atoms with Crippen LogP contribution >= 0.6 is 0 Å². The zero-order valence-electron chi connectivity index (χ0n) is 10.8. The van der Waals surface area contributed by atoms with Gasteiger partial charge in [-0.3, -0.25) is 4.90 Å². The quantitative estimate of drug-likeness (QED) is 0.753. The summed E-state index contributed by atoms with van der Waals surface area (Å²) in [5, 5.41) is 8.84. The Balaban J connectivity index is 1.93. The second-order valence-electron chi connectivity index (χ2n) is 5.08. The highest BCUT2D eigenvalue weighted by atomic mass is 19.1. The van der Waals surface area contributed by atoms with Gasteiger partial charge in [0.05, 0.1) is 0 Å². The lowest BCUT2D eigenvalue weighted by Gasteiger charge is -2.37. The van der Waals surface area contributed by atoms with E-state index in [0.29, 0.717) is 12.6 Å². The molecule has 1 aromatic carbocycles. The van der Waals surface area contributed by atoms with Crippen LogP contribution in [0.3, 0.4) is 0 Å². The standard InChI is InChI=1S/C15H22FNO/c16-15-9-2-1-6-13(15)12-17(10-3-4-11-18)14-7-5-8-14/h1-2,6,9,14,18H,3-5,7-8,10-12H2. The van der Waals surface area contributed by atoms with Gasteiger partial charge in [0.25, 0.3) is 0 Å². The van der Waals surface area contributed by atoms with Crippen molar-refractivity contribution in [2.45, 2.75) is 44.7 Å². The van der Waals surface area contributed by atoms with E-state index in [9.17, 15) is 4.39 Å². The number of aliphatic hydroxyl groups is 1. The molecule has 2 nitrogen and oxygen atoms in total. The van der Waals surface area contributed by atoms with Crippen molar-refractivity contribution < 1.29 is 9.50 Å². The molecule has 1 aliphatic rings. The Morgan fingerprint density at radius 3 is 2.61 bits per heavy atom. The van der Waals surface area contributed by atoms with Crippen molar-refractivity contribution in [3.05, 3.63) is 35.6 Å². The van der Waals surface area contributed by atoms with Crippen molar-refractivity contribution in [1.29, 1.82) is 0 Å². The van der Waals surface area contributed by atoms with Crippen LogP contribution in [0.1, 0.15) is 37.7 Å². The fraction of sp³-hybridized carbons (Fsp3) is 0.600. The average molecular weight is 251 g/mol. The predicted molar refractivity (Wildman–Crippen MR) is 70.8 cm³/mol. The Bertz CT molecular complexity index is 365. The van der Waals surface area contributed by atoms with Gasteiger partial charge in [-0.15, -0.1) is 0 Å². The van der Waals surface area contributed by atoms with Crippen LogP contribution in [0, 0.1) is 5.82 Å². The molecule has 2 rings (SSSR count). The molecule has 0 atom stereocenters. The van der Waals surface area contributed by atoms with Gasteiger partial charge in [0.15, 0.2) is 0 Å². The molecule has 0 aliphatic heterocycles. The van der Waals surface area contributed by atoms with Crippen molar-refractivity contribution in [3.8, 4) is 0 Å². The van der Waals surface area contributed by atoms with Gasteiger partial charge in [0, 0.05) is 24.8 Å². The molecule has 0 bridgehead atoms. The van der Waals surface area contributed by atoms with E-state index in [1.165, 1.54) is 25.3 Å². The van der Waals surface area contributed by atoms with Gasteiger partial charge in [-0.05, 0) is 38.3 Å². The molecule has 1 fully saturated rings. The maximum absolute atomic E-state index is 13.7. The molecule has 3 heteroatoms. The molecule has 1 N–H and O–H groups in total. The highest BCUT2D eigenvalue weighted by Gasteiger charge is 2.24. The second kappa shape index (κ2) is 6.86. The van der Waals surface area contributed by atoms with E-state index < -0.39 is 0 Å². The SMILES string of the molecule is OCCCCN(Cc1ccccc1F)C1CCC1. The second-order valence-corrected chi connectivity index (χ2v) is 5.08. The molecule has 0 spiro atoms. The van der Waals surface area contributed by atoms with Gasteiger partial charge in [-0.25, -0.2) is 4.39 Å².